The highest BCUT2D eigenvalue weighted by Crippen LogP contribution is 2.40. The summed E-state index contributed by atoms with van der Waals surface area (Å²) in [5.74, 6) is 0.283. The second kappa shape index (κ2) is 22.5. The topological polar surface area (TPSA) is 225 Å². The average Bonchev–Trinajstić information content (AvgIpc) is 4.20. The molecule has 0 radical (unpaired) electrons. The first-order valence-corrected chi connectivity index (χ1v) is 27.0. The third-order valence-corrected chi connectivity index (χ3v) is 16.3. The number of phenolic OH excluding ortho intramolecular Hbond substituents is 1. The molecule has 0 aliphatic carbocycles. The molecule has 10 rings (SSSR count). The molecule has 4 aliphatic heterocycles. The number of rotatable bonds is 18. The number of nitrogens with one attached hydrogen (secondary N) is 1. The summed E-state index contributed by atoms with van der Waals surface area (Å²) >= 11 is 1.59. The van der Waals surface area contributed by atoms with E-state index in [0.717, 1.165) is 85.2 Å². The fraction of sp³-hybridized carbons (Fsp3) is 0.473. The van der Waals surface area contributed by atoms with Gasteiger partial charge < -0.3 is 50.0 Å². The Bertz CT molecular complexity index is 2920. The Morgan fingerprint density at radius 3 is 2.40 bits per heavy atom. The maximum absolute atomic E-state index is 14.3. The van der Waals surface area contributed by atoms with Gasteiger partial charge in [0.15, 0.2) is 11.6 Å². The zero-order valence-corrected chi connectivity index (χ0v) is 44.1. The monoisotopic (exact) mass is 1040 g/mol. The van der Waals surface area contributed by atoms with Crippen LogP contribution in [-0.4, -0.2) is 158 Å². The van der Waals surface area contributed by atoms with Gasteiger partial charge in [0, 0.05) is 106 Å². The minimum Gasteiger partial charge on any atom is -0.507 e. The summed E-state index contributed by atoms with van der Waals surface area (Å²) in [5.41, 5.74) is 14.3. The van der Waals surface area contributed by atoms with Gasteiger partial charge in [-0.3, -0.25) is 19.4 Å². The van der Waals surface area contributed by atoms with Crippen molar-refractivity contribution < 1.29 is 33.8 Å². The number of phenols is 1. The van der Waals surface area contributed by atoms with E-state index in [4.69, 9.17) is 19.7 Å². The quantitative estimate of drug-likeness (QED) is 0.0758. The van der Waals surface area contributed by atoms with Gasteiger partial charge in [-0.05, 0) is 80.1 Å². The van der Waals surface area contributed by atoms with Gasteiger partial charge in [0.2, 0.25) is 17.7 Å². The molecule has 8 heterocycles. The van der Waals surface area contributed by atoms with E-state index in [1.165, 1.54) is 4.90 Å². The number of aliphatic hydroxyl groups excluding tert-OH is 1. The molecule has 2 amide bonds. The molecular weight excluding hydrogens is 973 g/mol. The normalized spacial score (nSPS) is 21.9. The van der Waals surface area contributed by atoms with E-state index in [2.05, 4.69) is 69.3 Å². The molecular formula is C55H68N12O7S. The number of carbonyl (C=O) groups excluding carboxylic acids is 2. The number of aromatic hydroxyl groups is 1. The minimum absolute atomic E-state index is 0.0501. The van der Waals surface area contributed by atoms with Crippen molar-refractivity contribution in [2.24, 2.45) is 5.92 Å². The second-order valence-electron chi connectivity index (χ2n) is 20.8. The summed E-state index contributed by atoms with van der Waals surface area (Å²) in [6.45, 7) is 16.6. The van der Waals surface area contributed by atoms with Crippen molar-refractivity contribution >= 4 is 40.3 Å². The standard InChI is InChI=1S/C55H68N12O7S/c1-33(2)51(55(71)66-31-42(68)25-46(66)54(70)59-35(4)37-10-12-38(13-11-37)52-36(5)58-32-75-52)48-27-50(62-74-48)73-23-21-64-19-18-63(28-34(64)3)20-22-72-49-24-39(16-17-57-49)67-40-14-15-41(67)30-65(29-40)45-26-44(60-61-53(45)56)43-8-6-7-9-47(43)69/h6-13,16-17,24,26-27,32-35,40-42,46,51,68-69H,14-15,18-23,25,28-31H2,1-5H3,(H2,56,61)(H,59,70)/t34-,35+,40?,41?,42-,46+,51-/m1/s1. The highest BCUT2D eigenvalue weighted by Gasteiger charge is 2.44. The van der Waals surface area contributed by atoms with E-state index in [1.807, 2.05) is 81.9 Å². The lowest BCUT2D eigenvalue weighted by molar-refractivity contribution is -0.141. The van der Waals surface area contributed by atoms with Gasteiger partial charge in [-0.25, -0.2) is 9.97 Å². The molecule has 5 N–H and O–H groups in total. The molecule has 4 aromatic heterocycles. The number of para-hydroxylation sites is 1. The number of nitrogens with zero attached hydrogens (tertiary/aromatic N) is 10. The lowest BCUT2D eigenvalue weighted by Crippen LogP contribution is -2.54. The summed E-state index contributed by atoms with van der Waals surface area (Å²) in [7, 11) is 0. The predicted molar refractivity (Wildman–Crippen MR) is 287 cm³/mol. The van der Waals surface area contributed by atoms with Crippen molar-refractivity contribution in [3.8, 4) is 39.2 Å². The molecule has 4 aliphatic rings. The van der Waals surface area contributed by atoms with Gasteiger partial charge in [-0.2, -0.15) is 0 Å². The van der Waals surface area contributed by atoms with Gasteiger partial charge in [0.25, 0.3) is 5.88 Å². The number of nitrogen functional groups attached to an aromatic ring is 1. The van der Waals surface area contributed by atoms with Crippen LogP contribution in [0.15, 0.2) is 89.0 Å². The number of ether oxygens (including phenoxy) is 2. The maximum Gasteiger partial charge on any atom is 0.254 e. The number of amides is 2. The van der Waals surface area contributed by atoms with Crippen LogP contribution in [0.4, 0.5) is 17.2 Å². The summed E-state index contributed by atoms with van der Waals surface area (Å²) < 4.78 is 18.1. The Morgan fingerprint density at radius 2 is 1.67 bits per heavy atom. The lowest BCUT2D eigenvalue weighted by atomic mass is 9.91. The average molecular weight is 1040 g/mol. The van der Waals surface area contributed by atoms with Gasteiger partial charge >= 0.3 is 0 Å². The van der Waals surface area contributed by atoms with Gasteiger partial charge in [-0.1, -0.05) is 50.2 Å². The van der Waals surface area contributed by atoms with Crippen molar-refractivity contribution in [3.63, 3.8) is 0 Å². The van der Waals surface area contributed by atoms with E-state index < -0.39 is 18.1 Å². The highest BCUT2D eigenvalue weighted by molar-refractivity contribution is 7.13. The Morgan fingerprint density at radius 1 is 0.907 bits per heavy atom. The molecule has 2 unspecified atom stereocenters. The SMILES string of the molecule is Cc1ncsc1-c1ccc([C@H](C)NC(=O)[C@@H]2C[C@@H](O)CN2C(=O)[C@@H](c2cc(OCCN3CCN(CCOc4cc(N5C6CCC5CN(c5cc(-c7ccccc7O)nnc5N)C6)ccn4)C[C@H]3C)no2)C(C)C)cc1. The molecule has 75 heavy (non-hydrogen) atoms. The lowest BCUT2D eigenvalue weighted by Gasteiger charge is -2.43. The van der Waals surface area contributed by atoms with E-state index in [9.17, 15) is 19.8 Å². The molecule has 4 fully saturated rings. The maximum atomic E-state index is 14.3. The smallest absolute Gasteiger partial charge is 0.254 e. The number of nitrogens with two attached hydrogens (primary N) is 1. The van der Waals surface area contributed by atoms with Gasteiger partial charge in [0.1, 0.15) is 30.9 Å². The summed E-state index contributed by atoms with van der Waals surface area (Å²) in [6.07, 6.45) is 3.27. The number of aryl methyl sites for hydroxylation is 1. The van der Waals surface area contributed by atoms with Crippen LogP contribution in [-0.2, 0) is 9.59 Å². The number of aromatic nitrogens is 5. The van der Waals surface area contributed by atoms with Crippen LogP contribution in [0.1, 0.15) is 75.9 Å². The number of likely N-dealkylation sites (tertiary alicyclic amines) is 1. The third kappa shape index (κ3) is 11.4. The molecule has 0 saturated carbocycles. The largest absolute Gasteiger partial charge is 0.507 e. The summed E-state index contributed by atoms with van der Waals surface area (Å²) in [4.78, 5) is 49.2. The van der Waals surface area contributed by atoms with E-state index in [0.29, 0.717) is 54.4 Å². The Kier molecular flexibility index (Phi) is 15.5. The first-order chi connectivity index (χ1) is 36.3. The van der Waals surface area contributed by atoms with Crippen molar-refractivity contribution in [2.75, 3.05) is 81.1 Å². The molecule has 4 saturated heterocycles. The molecule has 2 aromatic carbocycles. The number of carbonyl (C=O) groups is 2. The number of β-amino-alcohol motifs (C(OH)–C–C–N with tert-alkyl or cyclic N) is 1. The number of anilines is 3. The van der Waals surface area contributed by atoms with Crippen molar-refractivity contribution in [2.45, 2.75) is 96.1 Å². The molecule has 0 spiro atoms. The summed E-state index contributed by atoms with van der Waals surface area (Å²) in [6, 6.07) is 22.6. The molecule has 7 atom stereocenters. The number of thiazole rings is 1. The molecule has 6 aromatic rings. The Balaban J connectivity index is 0.666. The zero-order chi connectivity index (χ0) is 52.3. The molecule has 396 valence electrons. The summed E-state index contributed by atoms with van der Waals surface area (Å²) in [5, 5.41) is 37.0. The second-order valence-corrected chi connectivity index (χ2v) is 21.6. The van der Waals surface area contributed by atoms with E-state index in [1.54, 1.807) is 29.5 Å². The number of fused-ring (bicyclic) bond motifs is 2. The highest BCUT2D eigenvalue weighted by atomic mass is 32.1. The van der Waals surface area contributed by atoms with Crippen LogP contribution >= 0.6 is 11.3 Å². The minimum atomic E-state index is -0.833. The molecule has 19 nitrogen and oxygen atoms in total. The van der Waals surface area contributed by atoms with Crippen LogP contribution in [0, 0.1) is 12.8 Å². The van der Waals surface area contributed by atoms with Crippen LogP contribution in [0.2, 0.25) is 0 Å². The number of benzene rings is 2. The van der Waals surface area contributed by atoms with Crippen molar-refractivity contribution in [3.05, 3.63) is 102 Å². The zero-order valence-electron chi connectivity index (χ0n) is 43.3. The van der Waals surface area contributed by atoms with Crippen molar-refractivity contribution in [1.29, 1.82) is 0 Å². The Labute approximate surface area is 441 Å². The Hall–Kier alpha value is -6.87. The van der Waals surface area contributed by atoms with Crippen LogP contribution < -0.4 is 30.3 Å². The predicted octanol–water partition coefficient (Wildman–Crippen LogP) is 6.15. The first kappa shape index (κ1) is 51.6. The van der Waals surface area contributed by atoms with Crippen LogP contribution in [0.5, 0.6) is 17.5 Å². The number of aliphatic hydroxyl groups is 1. The van der Waals surface area contributed by atoms with Crippen molar-refractivity contribution in [1.82, 2.24) is 45.3 Å². The molecule has 2 bridgehead atoms. The van der Waals surface area contributed by atoms with E-state index in [-0.39, 0.29) is 60.6 Å². The fourth-order valence-corrected chi connectivity index (χ4v) is 12.2. The third-order valence-electron chi connectivity index (χ3n) is 15.3. The number of hydrogen-bond acceptors (Lipinski definition) is 18. The fourth-order valence-electron chi connectivity index (χ4n) is 11.4. The van der Waals surface area contributed by atoms with Gasteiger partial charge in [0.05, 0.1) is 39.6 Å². The van der Waals surface area contributed by atoms with E-state index >= 15 is 0 Å². The molecule has 20 heteroatoms. The van der Waals surface area contributed by atoms with Crippen LogP contribution in [0.25, 0.3) is 21.7 Å². The van der Waals surface area contributed by atoms with Crippen LogP contribution in [0.3, 0.4) is 0 Å². The van der Waals surface area contributed by atoms with Gasteiger partial charge in [-0.15, -0.1) is 21.5 Å². The number of hydrogen-bond donors (Lipinski definition) is 4. The number of piperazine rings is 2. The number of pyridine rings is 1. The first-order valence-electron chi connectivity index (χ1n) is 26.2.